The average molecular weight is 416 g/mol. The third kappa shape index (κ3) is 6.52. The van der Waals surface area contributed by atoms with Crippen molar-refractivity contribution in [3.63, 3.8) is 0 Å². The minimum atomic E-state index is -0.224. The van der Waals surface area contributed by atoms with E-state index in [-0.39, 0.29) is 30.9 Å². The van der Waals surface area contributed by atoms with Gasteiger partial charge >= 0.3 is 0 Å². The predicted octanol–water partition coefficient (Wildman–Crippen LogP) is 4.08. The molecule has 3 rings (SSSR count). The molecule has 5 heteroatoms. The van der Waals surface area contributed by atoms with Crippen molar-refractivity contribution in [1.29, 1.82) is 0 Å². The molecule has 0 aliphatic heterocycles. The van der Waals surface area contributed by atoms with Crippen molar-refractivity contribution >= 4 is 17.5 Å². The van der Waals surface area contributed by atoms with E-state index in [0.717, 1.165) is 22.4 Å². The lowest BCUT2D eigenvalue weighted by Gasteiger charge is -2.22. The van der Waals surface area contributed by atoms with Gasteiger partial charge in [0.15, 0.2) is 0 Å². The summed E-state index contributed by atoms with van der Waals surface area (Å²) in [5.41, 5.74) is 5.20. The van der Waals surface area contributed by atoms with Crippen molar-refractivity contribution in [2.24, 2.45) is 0 Å². The van der Waals surface area contributed by atoms with Gasteiger partial charge in [-0.15, -0.1) is 0 Å². The van der Waals surface area contributed by atoms with E-state index in [1.165, 1.54) is 10.5 Å². The fraction of sp³-hybridized carbons (Fsp3) is 0.231. The first-order chi connectivity index (χ1) is 14.9. The number of benzene rings is 3. The first-order valence-electron chi connectivity index (χ1n) is 10.4. The second-order valence-corrected chi connectivity index (χ2v) is 7.80. The minimum Gasteiger partial charge on any atom is -0.335 e. The predicted molar refractivity (Wildman–Crippen MR) is 125 cm³/mol. The molecule has 2 amide bonds. The van der Waals surface area contributed by atoms with Crippen LogP contribution in [0.3, 0.4) is 0 Å². The van der Waals surface area contributed by atoms with Crippen molar-refractivity contribution in [2.45, 2.75) is 19.9 Å². The number of carbonyl (C=O) groups excluding carboxylic acids is 2. The van der Waals surface area contributed by atoms with Crippen LogP contribution in [0.5, 0.6) is 0 Å². The highest BCUT2D eigenvalue weighted by Gasteiger charge is 2.18. The Bertz CT molecular complexity index is 999. The monoisotopic (exact) mass is 415 g/mol. The molecule has 0 bridgehead atoms. The molecule has 0 radical (unpaired) electrons. The van der Waals surface area contributed by atoms with E-state index in [2.05, 4.69) is 41.8 Å². The van der Waals surface area contributed by atoms with Crippen LogP contribution in [0.2, 0.25) is 0 Å². The molecular weight excluding hydrogens is 386 g/mol. The largest absolute Gasteiger partial charge is 0.335 e. The van der Waals surface area contributed by atoms with Crippen molar-refractivity contribution in [1.82, 2.24) is 10.2 Å². The van der Waals surface area contributed by atoms with Crippen molar-refractivity contribution < 1.29 is 9.59 Å². The van der Waals surface area contributed by atoms with E-state index < -0.39 is 0 Å². The summed E-state index contributed by atoms with van der Waals surface area (Å²) in [6, 6.07) is 25.8. The molecule has 0 aliphatic rings. The molecule has 0 fully saturated rings. The zero-order valence-electron chi connectivity index (χ0n) is 18.3. The van der Waals surface area contributed by atoms with Gasteiger partial charge in [0, 0.05) is 12.7 Å². The molecule has 0 saturated heterocycles. The number of amides is 2. The molecule has 0 spiro atoms. The third-order valence-corrected chi connectivity index (χ3v) is 5.14. The number of nitrogens with zero attached hydrogens (tertiary/aromatic N) is 1. The summed E-state index contributed by atoms with van der Waals surface area (Å²) in [6.07, 6.45) is 0. The van der Waals surface area contributed by atoms with Crippen LogP contribution in [-0.4, -0.2) is 36.9 Å². The SMILES string of the molecule is Cc1ccc(NC(=O)CN(C)C(=O)CNC(c2ccccc2)c2ccc(C)cc2)cc1. The quantitative estimate of drug-likeness (QED) is 0.583. The number of carbonyl (C=O) groups is 2. The van der Waals surface area contributed by atoms with Gasteiger partial charge in [-0.05, 0) is 37.1 Å². The molecule has 1 atom stereocenters. The zero-order valence-corrected chi connectivity index (χ0v) is 18.3. The van der Waals surface area contributed by atoms with Crippen LogP contribution in [0, 0.1) is 13.8 Å². The van der Waals surface area contributed by atoms with Gasteiger partial charge in [0.2, 0.25) is 11.8 Å². The molecule has 1 unspecified atom stereocenters. The summed E-state index contributed by atoms with van der Waals surface area (Å²) in [7, 11) is 1.64. The van der Waals surface area contributed by atoms with Gasteiger partial charge in [0.25, 0.3) is 0 Å². The highest BCUT2D eigenvalue weighted by Crippen LogP contribution is 2.22. The van der Waals surface area contributed by atoms with Crippen molar-refractivity contribution in [2.75, 3.05) is 25.5 Å². The molecule has 2 N–H and O–H groups in total. The molecule has 3 aromatic carbocycles. The Morgan fingerprint density at radius 3 is 1.97 bits per heavy atom. The van der Waals surface area contributed by atoms with E-state index in [0.29, 0.717) is 0 Å². The van der Waals surface area contributed by atoms with Gasteiger partial charge in [0.05, 0.1) is 19.1 Å². The summed E-state index contributed by atoms with van der Waals surface area (Å²) in [5.74, 6) is -0.370. The fourth-order valence-corrected chi connectivity index (χ4v) is 3.30. The van der Waals surface area contributed by atoms with E-state index >= 15 is 0 Å². The topological polar surface area (TPSA) is 61.4 Å². The number of nitrogens with one attached hydrogen (secondary N) is 2. The molecule has 0 heterocycles. The second-order valence-electron chi connectivity index (χ2n) is 7.80. The Morgan fingerprint density at radius 1 is 0.806 bits per heavy atom. The minimum absolute atomic E-state index is 0.00503. The summed E-state index contributed by atoms with van der Waals surface area (Å²) in [6.45, 7) is 4.16. The summed E-state index contributed by atoms with van der Waals surface area (Å²) in [4.78, 5) is 26.4. The van der Waals surface area contributed by atoms with Crippen LogP contribution in [0.15, 0.2) is 78.9 Å². The number of anilines is 1. The number of hydrogen-bond donors (Lipinski definition) is 2. The Hall–Kier alpha value is -3.44. The molecule has 160 valence electrons. The zero-order chi connectivity index (χ0) is 22.2. The Balaban J connectivity index is 1.60. The average Bonchev–Trinajstić information content (AvgIpc) is 2.77. The Labute approximate surface area is 184 Å². The summed E-state index contributed by atoms with van der Waals surface area (Å²) >= 11 is 0. The van der Waals surface area contributed by atoms with E-state index in [4.69, 9.17) is 0 Å². The third-order valence-electron chi connectivity index (χ3n) is 5.14. The van der Waals surface area contributed by atoms with E-state index in [1.807, 2.05) is 61.5 Å². The van der Waals surface area contributed by atoms with Crippen LogP contribution in [-0.2, 0) is 9.59 Å². The van der Waals surface area contributed by atoms with E-state index in [1.54, 1.807) is 7.05 Å². The van der Waals surface area contributed by atoms with Crippen molar-refractivity contribution in [3.8, 4) is 0 Å². The molecule has 0 saturated carbocycles. The second kappa shape index (κ2) is 10.5. The van der Waals surface area contributed by atoms with Crippen LogP contribution < -0.4 is 10.6 Å². The van der Waals surface area contributed by atoms with E-state index in [9.17, 15) is 9.59 Å². The molecular formula is C26H29N3O2. The maximum Gasteiger partial charge on any atom is 0.243 e. The van der Waals surface area contributed by atoms with Crippen LogP contribution in [0.1, 0.15) is 28.3 Å². The first kappa shape index (κ1) is 22.2. The lowest BCUT2D eigenvalue weighted by molar-refractivity contribution is -0.132. The molecule has 3 aromatic rings. The van der Waals surface area contributed by atoms with Gasteiger partial charge in [-0.2, -0.15) is 0 Å². The fourth-order valence-electron chi connectivity index (χ4n) is 3.30. The van der Waals surface area contributed by atoms with Gasteiger partial charge in [0.1, 0.15) is 0 Å². The maximum atomic E-state index is 12.7. The number of likely N-dealkylation sites (N-methyl/N-ethyl adjacent to an activating group) is 1. The van der Waals surface area contributed by atoms with Gasteiger partial charge < -0.3 is 10.2 Å². The highest BCUT2D eigenvalue weighted by molar-refractivity contribution is 5.94. The van der Waals surface area contributed by atoms with Crippen LogP contribution >= 0.6 is 0 Å². The van der Waals surface area contributed by atoms with Gasteiger partial charge in [-0.25, -0.2) is 0 Å². The van der Waals surface area contributed by atoms with Crippen molar-refractivity contribution in [3.05, 3.63) is 101 Å². The molecule has 31 heavy (non-hydrogen) atoms. The number of aryl methyl sites for hydroxylation is 2. The molecule has 0 aromatic heterocycles. The normalized spacial score (nSPS) is 11.6. The first-order valence-corrected chi connectivity index (χ1v) is 10.4. The van der Waals surface area contributed by atoms with Crippen LogP contribution in [0.4, 0.5) is 5.69 Å². The van der Waals surface area contributed by atoms with Gasteiger partial charge in [-0.1, -0.05) is 77.9 Å². The number of hydrogen-bond acceptors (Lipinski definition) is 3. The maximum absolute atomic E-state index is 12.7. The molecule has 0 aliphatic carbocycles. The Kier molecular flexibility index (Phi) is 7.57. The van der Waals surface area contributed by atoms with Crippen LogP contribution in [0.25, 0.3) is 0 Å². The number of rotatable bonds is 8. The lowest BCUT2D eigenvalue weighted by Crippen LogP contribution is -2.41. The summed E-state index contributed by atoms with van der Waals surface area (Å²) < 4.78 is 0. The molecule has 5 nitrogen and oxygen atoms in total. The Morgan fingerprint density at radius 2 is 1.35 bits per heavy atom. The highest BCUT2D eigenvalue weighted by atomic mass is 16.2. The summed E-state index contributed by atoms with van der Waals surface area (Å²) in [5, 5.41) is 6.18. The standard InChI is InChI=1S/C26H29N3O2/c1-19-9-13-22(14-10-19)26(21-7-5-4-6-8-21)27-17-25(31)29(3)18-24(30)28-23-15-11-20(2)12-16-23/h4-16,26-27H,17-18H2,1-3H3,(H,28,30). The smallest absolute Gasteiger partial charge is 0.243 e. The lowest BCUT2D eigenvalue weighted by atomic mass is 9.98. The van der Waals surface area contributed by atoms with Gasteiger partial charge in [-0.3, -0.25) is 14.9 Å².